The van der Waals surface area contributed by atoms with Crippen LogP contribution >= 0.6 is 22.6 Å². The van der Waals surface area contributed by atoms with Gasteiger partial charge in [-0.15, -0.1) is 0 Å². The van der Waals surface area contributed by atoms with Crippen LogP contribution in [0.15, 0.2) is 77.7 Å². The van der Waals surface area contributed by atoms with E-state index in [1.54, 1.807) is 24.3 Å². The zero-order valence-corrected chi connectivity index (χ0v) is 18.9. The van der Waals surface area contributed by atoms with Gasteiger partial charge in [0.05, 0.1) is 17.7 Å². The number of halogens is 2. The predicted molar refractivity (Wildman–Crippen MR) is 122 cm³/mol. The highest BCUT2D eigenvalue weighted by atomic mass is 127. The number of hydrogen-bond donors (Lipinski definition) is 1. The summed E-state index contributed by atoms with van der Waals surface area (Å²) >= 11 is 2.13. The van der Waals surface area contributed by atoms with Gasteiger partial charge in [-0.05, 0) is 83.3 Å². The van der Waals surface area contributed by atoms with Crippen LogP contribution in [0.5, 0.6) is 5.75 Å². The summed E-state index contributed by atoms with van der Waals surface area (Å²) in [7, 11) is -2.76. The zero-order chi connectivity index (χ0) is 21.7. The molecule has 0 aliphatic rings. The fourth-order valence-corrected chi connectivity index (χ4v) is 4.48. The smallest absolute Gasteiger partial charge is 0.264 e. The zero-order valence-electron chi connectivity index (χ0n) is 15.9. The molecule has 3 aromatic rings. The monoisotopic (exact) mass is 540 g/mol. The first-order valence-corrected chi connectivity index (χ1v) is 11.3. The van der Waals surface area contributed by atoms with Crippen LogP contribution in [-0.2, 0) is 14.8 Å². The Labute approximate surface area is 187 Å². The maximum atomic E-state index is 14.5. The molecule has 0 saturated carbocycles. The fourth-order valence-electron chi connectivity index (χ4n) is 2.69. The lowest BCUT2D eigenvalue weighted by Crippen LogP contribution is -2.38. The van der Waals surface area contributed by atoms with Gasteiger partial charge in [-0.2, -0.15) is 0 Å². The predicted octanol–water partition coefficient (Wildman–Crippen LogP) is 4.27. The standard InChI is InChI=1S/C21H18FIN2O4S/c1-29-17-10-12-18(13-11-17)30(27,28)25(20-5-3-2-4-19(20)22)14-21(26)24-16-8-6-15(23)7-9-16/h2-13H,14H2,1H3,(H,24,26). The molecule has 0 spiro atoms. The number of nitrogens with one attached hydrogen (secondary N) is 1. The van der Waals surface area contributed by atoms with Gasteiger partial charge in [-0.25, -0.2) is 12.8 Å². The third kappa shape index (κ3) is 5.08. The second-order valence-corrected chi connectivity index (χ2v) is 9.30. The SMILES string of the molecule is COc1ccc(S(=O)(=O)N(CC(=O)Nc2ccc(I)cc2)c2ccccc2F)cc1. The van der Waals surface area contributed by atoms with Gasteiger partial charge in [0.25, 0.3) is 10.0 Å². The van der Waals surface area contributed by atoms with E-state index in [-0.39, 0.29) is 10.6 Å². The highest BCUT2D eigenvalue weighted by Crippen LogP contribution is 2.27. The Morgan fingerprint density at radius 2 is 1.67 bits per heavy atom. The number of methoxy groups -OCH3 is 1. The maximum Gasteiger partial charge on any atom is 0.264 e. The average Bonchev–Trinajstić information content (AvgIpc) is 2.74. The van der Waals surface area contributed by atoms with E-state index in [0.717, 1.165) is 13.9 Å². The number of benzene rings is 3. The van der Waals surface area contributed by atoms with E-state index >= 15 is 0 Å². The molecule has 3 aromatic carbocycles. The van der Waals surface area contributed by atoms with Gasteiger partial charge < -0.3 is 10.1 Å². The van der Waals surface area contributed by atoms with Gasteiger partial charge in [0, 0.05) is 9.26 Å². The number of para-hydroxylation sites is 1. The Hall–Kier alpha value is -2.66. The van der Waals surface area contributed by atoms with E-state index in [4.69, 9.17) is 4.74 Å². The number of rotatable bonds is 7. The quantitative estimate of drug-likeness (QED) is 0.455. The van der Waals surface area contributed by atoms with Crippen molar-refractivity contribution in [2.45, 2.75) is 4.90 Å². The molecule has 1 N–H and O–H groups in total. The highest BCUT2D eigenvalue weighted by Gasteiger charge is 2.29. The summed E-state index contributed by atoms with van der Waals surface area (Å²) in [6.45, 7) is -0.596. The average molecular weight is 540 g/mol. The first kappa shape index (κ1) is 22.0. The van der Waals surface area contributed by atoms with Crippen molar-refractivity contribution >= 4 is 49.9 Å². The van der Waals surface area contributed by atoms with Gasteiger partial charge in [0.2, 0.25) is 5.91 Å². The Kier molecular flexibility index (Phi) is 6.93. The molecule has 6 nitrogen and oxygen atoms in total. The van der Waals surface area contributed by atoms with Crippen molar-refractivity contribution in [1.82, 2.24) is 0 Å². The number of amides is 1. The molecule has 0 heterocycles. The molecule has 3 rings (SSSR count). The number of nitrogens with zero attached hydrogens (tertiary/aromatic N) is 1. The van der Waals surface area contributed by atoms with Crippen LogP contribution in [-0.4, -0.2) is 28.0 Å². The van der Waals surface area contributed by atoms with Crippen LogP contribution in [0.25, 0.3) is 0 Å². The fraction of sp³-hybridized carbons (Fsp3) is 0.0952. The summed E-state index contributed by atoms with van der Waals surface area (Å²) < 4.78 is 47.8. The van der Waals surface area contributed by atoms with Crippen molar-refractivity contribution in [3.63, 3.8) is 0 Å². The van der Waals surface area contributed by atoms with Crippen molar-refractivity contribution < 1.29 is 22.3 Å². The van der Waals surface area contributed by atoms with Gasteiger partial charge in [-0.1, -0.05) is 12.1 Å². The van der Waals surface area contributed by atoms with Crippen LogP contribution in [0, 0.1) is 9.39 Å². The summed E-state index contributed by atoms with van der Waals surface area (Å²) in [6.07, 6.45) is 0. The molecule has 0 saturated heterocycles. The van der Waals surface area contributed by atoms with E-state index in [1.807, 2.05) is 0 Å². The first-order valence-electron chi connectivity index (χ1n) is 8.78. The number of hydrogen-bond acceptors (Lipinski definition) is 4. The van der Waals surface area contributed by atoms with Crippen molar-refractivity contribution in [3.05, 3.63) is 82.2 Å². The minimum absolute atomic E-state index is 0.0892. The Balaban J connectivity index is 1.95. The van der Waals surface area contributed by atoms with Crippen LogP contribution in [0.2, 0.25) is 0 Å². The molecule has 1 amide bonds. The second-order valence-electron chi connectivity index (χ2n) is 6.19. The van der Waals surface area contributed by atoms with Crippen molar-refractivity contribution in [2.75, 3.05) is 23.3 Å². The molecule has 0 bridgehead atoms. The lowest BCUT2D eigenvalue weighted by atomic mass is 10.3. The van der Waals surface area contributed by atoms with E-state index < -0.39 is 28.3 Å². The summed E-state index contributed by atoms with van der Waals surface area (Å²) in [4.78, 5) is 12.5. The van der Waals surface area contributed by atoms with Gasteiger partial charge in [0.1, 0.15) is 18.1 Å². The lowest BCUT2D eigenvalue weighted by Gasteiger charge is -2.24. The molecule has 156 valence electrons. The van der Waals surface area contributed by atoms with Crippen LogP contribution in [0.3, 0.4) is 0 Å². The number of anilines is 2. The number of carbonyl (C=O) groups is 1. The van der Waals surface area contributed by atoms with Gasteiger partial charge in [0.15, 0.2) is 0 Å². The van der Waals surface area contributed by atoms with Gasteiger partial charge in [-0.3, -0.25) is 9.10 Å². The Morgan fingerprint density at radius 1 is 1.03 bits per heavy atom. The van der Waals surface area contributed by atoms with Crippen LogP contribution < -0.4 is 14.4 Å². The number of ether oxygens (including phenoxy) is 1. The molecule has 0 aliphatic heterocycles. The summed E-state index contributed by atoms with van der Waals surface area (Å²) in [6, 6.07) is 18.1. The summed E-state index contributed by atoms with van der Waals surface area (Å²) in [5.74, 6) is -0.879. The van der Waals surface area contributed by atoms with Gasteiger partial charge >= 0.3 is 0 Å². The second kappa shape index (κ2) is 9.43. The molecule has 0 unspecified atom stereocenters. The molecule has 0 fully saturated rings. The summed E-state index contributed by atoms with van der Waals surface area (Å²) in [5, 5.41) is 2.64. The van der Waals surface area contributed by atoms with Crippen molar-refractivity contribution in [1.29, 1.82) is 0 Å². The molecule has 0 aromatic heterocycles. The van der Waals surface area contributed by atoms with Crippen molar-refractivity contribution in [2.24, 2.45) is 0 Å². The van der Waals surface area contributed by atoms with E-state index in [1.165, 1.54) is 49.6 Å². The molecule has 9 heteroatoms. The van der Waals surface area contributed by atoms with Crippen molar-refractivity contribution in [3.8, 4) is 5.75 Å². The maximum absolute atomic E-state index is 14.5. The van der Waals surface area contributed by atoms with E-state index in [9.17, 15) is 17.6 Å². The van der Waals surface area contributed by atoms with E-state index in [2.05, 4.69) is 27.9 Å². The number of carbonyl (C=O) groups excluding carboxylic acids is 1. The Morgan fingerprint density at radius 3 is 2.27 bits per heavy atom. The first-order chi connectivity index (χ1) is 14.3. The molecule has 0 aliphatic carbocycles. The third-order valence-electron chi connectivity index (χ3n) is 4.18. The highest BCUT2D eigenvalue weighted by molar-refractivity contribution is 14.1. The number of sulfonamides is 1. The minimum atomic E-state index is -4.22. The topological polar surface area (TPSA) is 75.7 Å². The van der Waals surface area contributed by atoms with Crippen LogP contribution in [0.1, 0.15) is 0 Å². The molecule has 0 radical (unpaired) electrons. The minimum Gasteiger partial charge on any atom is -0.497 e. The van der Waals surface area contributed by atoms with Crippen LogP contribution in [0.4, 0.5) is 15.8 Å². The summed E-state index contributed by atoms with van der Waals surface area (Å²) in [5.41, 5.74) is 0.293. The molecule has 0 atom stereocenters. The van der Waals surface area contributed by atoms with E-state index in [0.29, 0.717) is 11.4 Å². The Bertz CT molecular complexity index is 1140. The molecule has 30 heavy (non-hydrogen) atoms. The molecular formula is C21H18FIN2O4S. The third-order valence-corrected chi connectivity index (χ3v) is 6.68. The molecular weight excluding hydrogens is 522 g/mol. The normalized spacial score (nSPS) is 11.0. The largest absolute Gasteiger partial charge is 0.497 e. The lowest BCUT2D eigenvalue weighted by molar-refractivity contribution is -0.114.